The molecule has 0 bridgehead atoms. The zero-order valence-electron chi connectivity index (χ0n) is 28.3. The minimum absolute atomic E-state index is 0.0403. The molecule has 3 aliphatic rings. The molecule has 0 radical (unpaired) electrons. The lowest BCUT2D eigenvalue weighted by Gasteiger charge is -2.45. The lowest BCUT2D eigenvalue weighted by Crippen LogP contribution is -2.60. The van der Waals surface area contributed by atoms with Crippen molar-refractivity contribution in [3.05, 3.63) is 52.2 Å². The van der Waals surface area contributed by atoms with Crippen molar-refractivity contribution in [2.24, 2.45) is 0 Å². The summed E-state index contributed by atoms with van der Waals surface area (Å²) in [7, 11) is 0. The van der Waals surface area contributed by atoms with Gasteiger partial charge in [0.25, 0.3) is 0 Å². The summed E-state index contributed by atoms with van der Waals surface area (Å²) in [5, 5.41) is 115. The Morgan fingerprint density at radius 3 is 2.07 bits per heavy atom. The third-order valence-corrected chi connectivity index (χ3v) is 9.44. The molecule has 11 N–H and O–H groups in total. The topological polar surface area (TPSA) is 325 Å². The Balaban J connectivity index is 1.28. The Labute approximate surface area is 304 Å². The molecule has 0 amide bonds. The van der Waals surface area contributed by atoms with E-state index in [1.165, 1.54) is 24.3 Å². The molecule has 3 fully saturated rings. The number of hydrogen-bond donors (Lipinski definition) is 11. The molecule has 3 aromatic rings. The standard InChI is InChI=1S/C34H40O20/c1-11(37)49-20-10-48-33(29(46)25(20)42)54-32-28(45)24(41)18(8-35)52-31(32)22-15(39)7-17-21(26(22)43)14(38)6-16(51-17)12-2-4-13(5-3-12)50-34-30(47)27(44)23(40)19(9-36)53-34/h2-7,18-20,23-25,27-36,39-47H,8-10H2,1H3/t18-,19-,20+,23-,24-,25+,27+,28+,29-,30-,31+,32-,33+,34-/m1/s1. The van der Waals surface area contributed by atoms with Gasteiger partial charge in [-0.2, -0.15) is 0 Å². The number of aromatic hydroxyl groups is 2. The molecule has 0 spiro atoms. The van der Waals surface area contributed by atoms with Gasteiger partial charge in [0.1, 0.15) is 101 Å². The van der Waals surface area contributed by atoms with Crippen LogP contribution in [0.4, 0.5) is 0 Å². The van der Waals surface area contributed by atoms with E-state index >= 15 is 0 Å². The van der Waals surface area contributed by atoms with Crippen molar-refractivity contribution in [1.82, 2.24) is 0 Å². The summed E-state index contributed by atoms with van der Waals surface area (Å²) in [5.41, 5.74) is -1.36. The van der Waals surface area contributed by atoms with Gasteiger partial charge in [0.05, 0.1) is 25.4 Å². The zero-order valence-corrected chi connectivity index (χ0v) is 28.3. The molecular weight excluding hydrogens is 728 g/mol. The van der Waals surface area contributed by atoms with Crippen LogP contribution in [0.5, 0.6) is 17.2 Å². The highest BCUT2D eigenvalue weighted by Gasteiger charge is 2.51. The van der Waals surface area contributed by atoms with E-state index in [-0.39, 0.29) is 17.1 Å². The molecule has 296 valence electrons. The van der Waals surface area contributed by atoms with Gasteiger partial charge in [-0.05, 0) is 24.3 Å². The minimum Gasteiger partial charge on any atom is -0.507 e. The second kappa shape index (κ2) is 16.0. The maximum absolute atomic E-state index is 13.5. The van der Waals surface area contributed by atoms with E-state index in [9.17, 15) is 65.8 Å². The average molecular weight is 769 g/mol. The number of ether oxygens (including phenoxy) is 6. The molecule has 4 heterocycles. The second-order valence-electron chi connectivity index (χ2n) is 13.0. The van der Waals surface area contributed by atoms with Crippen molar-refractivity contribution < 1.29 is 93.8 Å². The van der Waals surface area contributed by atoms with E-state index in [1.807, 2.05) is 0 Å². The molecule has 14 atom stereocenters. The summed E-state index contributed by atoms with van der Waals surface area (Å²) in [5.74, 6) is -2.31. The van der Waals surface area contributed by atoms with Crippen molar-refractivity contribution in [2.75, 3.05) is 19.8 Å². The van der Waals surface area contributed by atoms with Gasteiger partial charge in [0.15, 0.2) is 17.8 Å². The van der Waals surface area contributed by atoms with Gasteiger partial charge >= 0.3 is 5.97 Å². The quantitative estimate of drug-likeness (QED) is 0.0945. The number of phenols is 2. The van der Waals surface area contributed by atoms with E-state index in [1.54, 1.807) is 0 Å². The first kappa shape index (κ1) is 39.7. The van der Waals surface area contributed by atoms with Crippen LogP contribution in [0.2, 0.25) is 0 Å². The number of rotatable bonds is 9. The fourth-order valence-corrected chi connectivity index (χ4v) is 6.56. The highest BCUT2D eigenvalue weighted by atomic mass is 16.7. The van der Waals surface area contributed by atoms with E-state index in [0.717, 1.165) is 19.1 Å². The molecule has 20 heteroatoms. The first-order valence-electron chi connectivity index (χ1n) is 16.7. The number of esters is 1. The fourth-order valence-electron chi connectivity index (χ4n) is 6.56. The summed E-state index contributed by atoms with van der Waals surface area (Å²) in [6.45, 7) is -0.877. The van der Waals surface area contributed by atoms with E-state index in [4.69, 9.17) is 32.8 Å². The Morgan fingerprint density at radius 2 is 1.43 bits per heavy atom. The summed E-state index contributed by atoms with van der Waals surface area (Å²) < 4.78 is 38.6. The highest BCUT2D eigenvalue weighted by molar-refractivity contribution is 5.88. The second-order valence-corrected chi connectivity index (χ2v) is 13.0. The largest absolute Gasteiger partial charge is 0.507 e. The number of benzene rings is 2. The van der Waals surface area contributed by atoms with Crippen LogP contribution in [0.3, 0.4) is 0 Å². The predicted molar refractivity (Wildman–Crippen MR) is 175 cm³/mol. The molecule has 54 heavy (non-hydrogen) atoms. The SMILES string of the molecule is CC(=O)O[C@H]1CO[C@@H](O[C@@H]2[C@@H](O)[C@H](O)[C@@H](CO)O[C@H]2c2c(O)cc3oc(-c4ccc(O[C@@H]5O[C@H](CO)[C@@H](O)[C@H](O)[C@H]5O)cc4)cc(=O)c3c2O)[C@H](O)[C@H]1O. The van der Waals surface area contributed by atoms with Crippen LogP contribution < -0.4 is 10.2 Å². The maximum Gasteiger partial charge on any atom is 0.303 e. The molecular formula is C34H40O20. The smallest absolute Gasteiger partial charge is 0.303 e. The van der Waals surface area contributed by atoms with Crippen molar-refractivity contribution in [3.63, 3.8) is 0 Å². The maximum atomic E-state index is 13.5. The van der Waals surface area contributed by atoms with Crippen molar-refractivity contribution >= 4 is 16.9 Å². The zero-order chi connectivity index (χ0) is 39.2. The number of aliphatic hydroxyl groups is 9. The average Bonchev–Trinajstić information content (AvgIpc) is 3.13. The fraction of sp³-hybridized carbons (Fsp3) is 0.529. The molecule has 6 rings (SSSR count). The van der Waals surface area contributed by atoms with E-state index in [0.29, 0.717) is 5.56 Å². The highest BCUT2D eigenvalue weighted by Crippen LogP contribution is 2.46. The van der Waals surface area contributed by atoms with Gasteiger partial charge in [0, 0.05) is 24.6 Å². The van der Waals surface area contributed by atoms with Crippen LogP contribution in [0.1, 0.15) is 18.6 Å². The predicted octanol–water partition coefficient (Wildman–Crippen LogP) is -3.40. The third kappa shape index (κ3) is 7.49. The van der Waals surface area contributed by atoms with E-state index in [2.05, 4.69) is 0 Å². The lowest BCUT2D eigenvalue weighted by atomic mass is 9.89. The van der Waals surface area contributed by atoms with Gasteiger partial charge in [-0.1, -0.05) is 0 Å². The summed E-state index contributed by atoms with van der Waals surface area (Å²) in [6.07, 6.45) is -22.9. The molecule has 0 unspecified atom stereocenters. The van der Waals surface area contributed by atoms with Crippen LogP contribution in [-0.4, -0.2) is 162 Å². The number of fused-ring (bicyclic) bond motifs is 1. The van der Waals surface area contributed by atoms with Crippen LogP contribution in [0, 0.1) is 0 Å². The molecule has 3 saturated heterocycles. The third-order valence-electron chi connectivity index (χ3n) is 9.44. The lowest BCUT2D eigenvalue weighted by molar-refractivity contribution is -0.325. The van der Waals surface area contributed by atoms with Crippen LogP contribution in [-0.2, 0) is 28.5 Å². The monoisotopic (exact) mass is 768 g/mol. The van der Waals surface area contributed by atoms with Gasteiger partial charge in [-0.3, -0.25) is 9.59 Å². The summed E-state index contributed by atoms with van der Waals surface area (Å²) in [6, 6.07) is 7.69. The van der Waals surface area contributed by atoms with Gasteiger partial charge in [-0.15, -0.1) is 0 Å². The van der Waals surface area contributed by atoms with Crippen LogP contribution in [0.15, 0.2) is 45.6 Å². The number of carbonyl (C=O) groups is 1. The molecule has 1 aromatic heterocycles. The number of carbonyl (C=O) groups excluding carboxylic acids is 1. The normalized spacial score (nSPS) is 35.8. The van der Waals surface area contributed by atoms with Crippen LogP contribution in [0.25, 0.3) is 22.3 Å². The number of phenolic OH excluding ortho intramolecular Hbond substituents is 2. The summed E-state index contributed by atoms with van der Waals surface area (Å²) in [4.78, 5) is 24.9. The molecule has 0 aliphatic carbocycles. The van der Waals surface area contributed by atoms with Crippen molar-refractivity contribution in [2.45, 2.75) is 92.8 Å². The molecule has 0 saturated carbocycles. The molecule has 2 aromatic carbocycles. The first-order chi connectivity index (χ1) is 25.6. The van der Waals surface area contributed by atoms with E-state index < -0.39 is 139 Å². The Bertz CT molecular complexity index is 1850. The molecule has 20 nitrogen and oxygen atoms in total. The Morgan fingerprint density at radius 1 is 0.796 bits per heavy atom. The first-order valence-corrected chi connectivity index (χ1v) is 16.7. The number of aliphatic hydroxyl groups excluding tert-OH is 9. The van der Waals surface area contributed by atoms with Crippen LogP contribution >= 0.6 is 0 Å². The van der Waals surface area contributed by atoms with Crippen molar-refractivity contribution in [1.29, 1.82) is 0 Å². The van der Waals surface area contributed by atoms with Crippen molar-refractivity contribution in [3.8, 4) is 28.6 Å². The Hall–Kier alpha value is -4.00. The molecule has 3 aliphatic heterocycles. The Kier molecular flexibility index (Phi) is 11.8. The number of hydrogen-bond acceptors (Lipinski definition) is 20. The summed E-state index contributed by atoms with van der Waals surface area (Å²) >= 11 is 0. The minimum atomic E-state index is -1.93. The van der Waals surface area contributed by atoms with Gasteiger partial charge in [0.2, 0.25) is 6.29 Å². The van der Waals surface area contributed by atoms with Gasteiger partial charge < -0.3 is 89.0 Å². The van der Waals surface area contributed by atoms with Gasteiger partial charge in [-0.25, -0.2) is 0 Å².